The molecule has 6 heteroatoms. The Kier molecular flexibility index (Phi) is 3.47. The average molecular weight is 367 g/mol. The van der Waals surface area contributed by atoms with Crippen molar-refractivity contribution in [2.24, 2.45) is 0 Å². The molecule has 1 aliphatic carbocycles. The number of rotatable bonds is 1. The average Bonchev–Trinajstić information content (AvgIpc) is 3.11. The van der Waals surface area contributed by atoms with Crippen molar-refractivity contribution in [2.45, 2.75) is 37.6 Å². The highest BCUT2D eigenvalue weighted by atomic mass is 35.5. The molecule has 0 radical (unpaired) electrons. The minimum atomic E-state index is -0.312. The van der Waals surface area contributed by atoms with E-state index >= 15 is 0 Å². The molecule has 1 aromatic heterocycles. The second-order valence-electron chi connectivity index (χ2n) is 7.24. The monoisotopic (exact) mass is 366 g/mol. The summed E-state index contributed by atoms with van der Waals surface area (Å²) in [6.07, 6.45) is 7.04. The molecule has 2 aliphatic rings. The number of carbonyl (C=O) groups excluding carboxylic acids is 1. The van der Waals surface area contributed by atoms with Gasteiger partial charge in [0.05, 0.1) is 33.6 Å². The van der Waals surface area contributed by atoms with E-state index in [1.165, 1.54) is 6.42 Å². The third-order valence-corrected chi connectivity index (χ3v) is 5.96. The molecule has 1 spiro atoms. The molecule has 26 heavy (non-hydrogen) atoms. The van der Waals surface area contributed by atoms with Gasteiger partial charge in [0.15, 0.2) is 0 Å². The zero-order chi connectivity index (χ0) is 17.7. The van der Waals surface area contributed by atoms with Gasteiger partial charge in [-0.2, -0.15) is 0 Å². The Morgan fingerprint density at radius 2 is 1.88 bits per heavy atom. The lowest BCUT2D eigenvalue weighted by atomic mass is 9.74. The number of benzene rings is 2. The second kappa shape index (κ2) is 5.74. The minimum Gasteiger partial charge on any atom is -0.345 e. The van der Waals surface area contributed by atoms with Gasteiger partial charge in [-0.05, 0) is 48.2 Å². The molecule has 2 amide bonds. The van der Waals surface area contributed by atoms with Gasteiger partial charge in [0, 0.05) is 5.56 Å². The van der Waals surface area contributed by atoms with E-state index in [0.717, 1.165) is 59.1 Å². The number of nitrogens with zero attached hydrogens (tertiary/aromatic N) is 1. The van der Waals surface area contributed by atoms with E-state index in [-0.39, 0.29) is 11.6 Å². The Hall–Kier alpha value is -2.53. The number of urea groups is 1. The van der Waals surface area contributed by atoms with E-state index in [9.17, 15) is 4.79 Å². The Morgan fingerprint density at radius 1 is 1.04 bits per heavy atom. The molecule has 2 aromatic carbocycles. The number of aromatic nitrogens is 2. The van der Waals surface area contributed by atoms with Crippen molar-refractivity contribution in [1.82, 2.24) is 15.3 Å². The summed E-state index contributed by atoms with van der Waals surface area (Å²) < 4.78 is 0. The van der Waals surface area contributed by atoms with Gasteiger partial charge in [-0.3, -0.25) is 0 Å². The van der Waals surface area contributed by atoms with Crippen LogP contribution in [0.25, 0.3) is 22.2 Å². The Labute approximate surface area is 156 Å². The third kappa shape index (κ3) is 2.38. The maximum Gasteiger partial charge on any atom is 0.319 e. The van der Waals surface area contributed by atoms with Crippen molar-refractivity contribution >= 4 is 34.4 Å². The van der Waals surface area contributed by atoms with Crippen molar-refractivity contribution in [3.63, 3.8) is 0 Å². The molecule has 5 nitrogen and oxygen atoms in total. The van der Waals surface area contributed by atoms with Crippen molar-refractivity contribution in [3.8, 4) is 11.1 Å². The van der Waals surface area contributed by atoms with Crippen LogP contribution in [0, 0.1) is 0 Å². The van der Waals surface area contributed by atoms with E-state index in [0.29, 0.717) is 5.02 Å². The highest BCUT2D eigenvalue weighted by Crippen LogP contribution is 2.46. The van der Waals surface area contributed by atoms with Gasteiger partial charge >= 0.3 is 6.03 Å². The molecule has 0 unspecified atom stereocenters. The van der Waals surface area contributed by atoms with Gasteiger partial charge in [-0.1, -0.05) is 36.9 Å². The highest BCUT2D eigenvalue weighted by molar-refractivity contribution is 6.34. The van der Waals surface area contributed by atoms with Gasteiger partial charge in [0.25, 0.3) is 0 Å². The van der Waals surface area contributed by atoms with E-state index in [1.54, 1.807) is 6.33 Å². The van der Waals surface area contributed by atoms with Gasteiger partial charge in [-0.15, -0.1) is 0 Å². The molecule has 1 aliphatic heterocycles. The lowest BCUT2D eigenvalue weighted by Gasteiger charge is -2.43. The molecule has 3 aromatic rings. The van der Waals surface area contributed by atoms with E-state index < -0.39 is 0 Å². The number of imidazole rings is 1. The number of hydrogen-bond donors (Lipinski definition) is 3. The first-order valence-corrected chi connectivity index (χ1v) is 9.39. The third-order valence-electron chi connectivity index (χ3n) is 5.66. The number of anilines is 1. The first-order chi connectivity index (χ1) is 12.6. The lowest BCUT2D eigenvalue weighted by Crippen LogP contribution is -2.52. The predicted octanol–water partition coefficient (Wildman–Crippen LogP) is 5.18. The topological polar surface area (TPSA) is 69.8 Å². The molecule has 2 heterocycles. The number of halogens is 1. The fourth-order valence-corrected chi connectivity index (χ4v) is 4.64. The smallest absolute Gasteiger partial charge is 0.319 e. The lowest BCUT2D eigenvalue weighted by molar-refractivity contribution is 0.209. The maximum atomic E-state index is 12.2. The van der Waals surface area contributed by atoms with Crippen LogP contribution >= 0.6 is 11.6 Å². The summed E-state index contributed by atoms with van der Waals surface area (Å²) in [5.41, 5.74) is 5.61. The van der Waals surface area contributed by atoms with Gasteiger partial charge in [0.2, 0.25) is 0 Å². The summed E-state index contributed by atoms with van der Waals surface area (Å²) in [7, 11) is 0. The fourth-order valence-electron chi connectivity index (χ4n) is 4.37. The molecular formula is C20H19ClN4O. The zero-order valence-electron chi connectivity index (χ0n) is 14.2. The molecule has 0 atom stereocenters. The van der Waals surface area contributed by atoms with Crippen LogP contribution in [0.1, 0.15) is 37.7 Å². The zero-order valence-corrected chi connectivity index (χ0v) is 15.0. The Morgan fingerprint density at radius 3 is 2.73 bits per heavy atom. The summed E-state index contributed by atoms with van der Waals surface area (Å²) in [6, 6.07) is 10.1. The first-order valence-electron chi connectivity index (χ1n) is 9.01. The molecule has 1 fully saturated rings. The first kappa shape index (κ1) is 15.7. The number of carbonyl (C=O) groups is 1. The van der Waals surface area contributed by atoms with Crippen LogP contribution in [0.15, 0.2) is 36.7 Å². The molecular weight excluding hydrogens is 348 g/mol. The number of fused-ring (bicyclic) bond motifs is 3. The number of nitrogens with one attached hydrogen (secondary N) is 3. The van der Waals surface area contributed by atoms with Crippen LogP contribution in [0.3, 0.4) is 0 Å². The van der Waals surface area contributed by atoms with Gasteiger partial charge in [-0.25, -0.2) is 9.78 Å². The standard InChI is InChI=1S/C20H19ClN4O/c21-15-9-13(12-4-5-16-17(10-12)23-11-22-16)8-14-18(15)24-19(26)25-20(14)6-2-1-3-7-20/h4-5,8-11H,1-3,6-7H2,(H,22,23)(H2,24,25,26). The molecule has 0 bridgehead atoms. The summed E-state index contributed by atoms with van der Waals surface area (Å²) in [4.78, 5) is 19.7. The fraction of sp³-hybridized carbons (Fsp3) is 0.300. The van der Waals surface area contributed by atoms with E-state index in [2.05, 4.69) is 38.8 Å². The molecule has 5 rings (SSSR count). The van der Waals surface area contributed by atoms with Gasteiger partial charge < -0.3 is 15.6 Å². The summed E-state index contributed by atoms with van der Waals surface area (Å²) in [5.74, 6) is 0. The normalized spacial score (nSPS) is 18.4. The van der Waals surface area contributed by atoms with Crippen LogP contribution < -0.4 is 10.6 Å². The second-order valence-corrected chi connectivity index (χ2v) is 7.64. The minimum absolute atomic E-state index is 0.159. The number of hydrogen-bond acceptors (Lipinski definition) is 2. The van der Waals surface area contributed by atoms with Crippen LogP contribution in [-0.2, 0) is 5.54 Å². The number of aromatic amines is 1. The van der Waals surface area contributed by atoms with Crippen molar-refractivity contribution < 1.29 is 4.79 Å². The van der Waals surface area contributed by atoms with E-state index in [1.807, 2.05) is 12.1 Å². The SMILES string of the molecule is O=C1Nc2c(Cl)cc(-c3ccc4nc[nH]c4c3)cc2C2(CCCCC2)N1. The Balaban J connectivity index is 1.68. The van der Waals surface area contributed by atoms with Crippen LogP contribution in [0.5, 0.6) is 0 Å². The van der Waals surface area contributed by atoms with Crippen molar-refractivity contribution in [3.05, 3.63) is 47.2 Å². The predicted molar refractivity (Wildman–Crippen MR) is 103 cm³/mol. The summed E-state index contributed by atoms with van der Waals surface area (Å²) in [6.45, 7) is 0. The van der Waals surface area contributed by atoms with Gasteiger partial charge in [0.1, 0.15) is 0 Å². The maximum absolute atomic E-state index is 12.2. The summed E-state index contributed by atoms with van der Waals surface area (Å²) in [5, 5.41) is 6.69. The van der Waals surface area contributed by atoms with Crippen LogP contribution in [-0.4, -0.2) is 16.0 Å². The Bertz CT molecular complexity index is 1020. The van der Waals surface area contributed by atoms with Crippen LogP contribution in [0.4, 0.5) is 10.5 Å². The van der Waals surface area contributed by atoms with Crippen molar-refractivity contribution in [1.29, 1.82) is 0 Å². The van der Waals surface area contributed by atoms with Crippen molar-refractivity contribution in [2.75, 3.05) is 5.32 Å². The largest absolute Gasteiger partial charge is 0.345 e. The number of H-pyrrole nitrogens is 1. The molecule has 3 N–H and O–H groups in total. The molecule has 0 saturated heterocycles. The van der Waals surface area contributed by atoms with Crippen LogP contribution in [0.2, 0.25) is 5.02 Å². The summed E-state index contributed by atoms with van der Waals surface area (Å²) >= 11 is 6.60. The highest BCUT2D eigenvalue weighted by Gasteiger charge is 2.41. The quantitative estimate of drug-likeness (QED) is 0.555. The number of amides is 2. The molecule has 132 valence electrons. The molecule has 1 saturated carbocycles. The van der Waals surface area contributed by atoms with E-state index in [4.69, 9.17) is 11.6 Å².